The van der Waals surface area contributed by atoms with Crippen LogP contribution >= 0.6 is 0 Å². The van der Waals surface area contributed by atoms with Crippen molar-refractivity contribution in [3.8, 4) is 0 Å². The molecule has 0 amide bonds. The molecule has 0 bridgehead atoms. The second-order valence-corrected chi connectivity index (χ2v) is 16.0. The van der Waals surface area contributed by atoms with E-state index in [0.717, 1.165) is 13.2 Å². The van der Waals surface area contributed by atoms with Crippen molar-refractivity contribution >= 4 is 20.9 Å². The zero-order valence-corrected chi connectivity index (χ0v) is 29.9. The Hall–Kier alpha value is 0.750. The molecule has 1 fully saturated rings. The SMILES string of the molecule is C1CCOCC1.CCCCCCCCCCCCCCCC[Te]CCCCCCCCCCCCCCCC. The quantitative estimate of drug-likeness (QED) is 0.0549. The molecule has 1 saturated heterocycles. The number of ether oxygens (including phenoxy) is 1. The van der Waals surface area contributed by atoms with E-state index in [4.69, 9.17) is 4.74 Å². The molecule has 0 aromatic carbocycles. The topological polar surface area (TPSA) is 9.23 Å². The van der Waals surface area contributed by atoms with Gasteiger partial charge in [0.15, 0.2) is 0 Å². The van der Waals surface area contributed by atoms with Gasteiger partial charge < -0.3 is 4.74 Å². The van der Waals surface area contributed by atoms with E-state index in [9.17, 15) is 0 Å². The predicted octanol–water partition coefficient (Wildman–Crippen LogP) is 13.7. The summed E-state index contributed by atoms with van der Waals surface area (Å²) in [4.78, 5) is 0. The Labute approximate surface area is 259 Å². The summed E-state index contributed by atoms with van der Waals surface area (Å²) in [5.41, 5.74) is 0. The third-order valence-corrected chi connectivity index (χ3v) is 11.7. The molecule has 1 aliphatic heterocycles. The zero-order valence-electron chi connectivity index (χ0n) is 27.6. The van der Waals surface area contributed by atoms with Gasteiger partial charge in [-0.3, -0.25) is 0 Å². The summed E-state index contributed by atoms with van der Waals surface area (Å²) in [6.45, 7) is 6.62. The van der Waals surface area contributed by atoms with Crippen molar-refractivity contribution in [2.75, 3.05) is 13.2 Å². The maximum absolute atomic E-state index is 5.07. The summed E-state index contributed by atoms with van der Waals surface area (Å²) in [6.07, 6.45) is 45.7. The van der Waals surface area contributed by atoms with Gasteiger partial charge >= 0.3 is 171 Å². The van der Waals surface area contributed by atoms with E-state index in [1.54, 1.807) is 21.8 Å². The Morgan fingerprint density at radius 2 is 0.590 bits per heavy atom. The van der Waals surface area contributed by atoms with E-state index in [-0.39, 0.29) is 0 Å². The van der Waals surface area contributed by atoms with Gasteiger partial charge in [0.05, 0.1) is 0 Å². The molecule has 0 atom stereocenters. The fraction of sp³-hybridized carbons (Fsp3) is 1.00. The Balaban J connectivity index is 0.00000210. The van der Waals surface area contributed by atoms with Crippen LogP contribution in [0.3, 0.4) is 0 Å². The molecule has 2 heteroatoms. The van der Waals surface area contributed by atoms with Crippen LogP contribution in [0.25, 0.3) is 0 Å². The van der Waals surface area contributed by atoms with Gasteiger partial charge in [-0.1, -0.05) is 52.4 Å². The third-order valence-electron chi connectivity index (χ3n) is 8.36. The molecule has 0 N–H and O–H groups in total. The molecule has 1 nitrogen and oxygen atoms in total. The van der Waals surface area contributed by atoms with Gasteiger partial charge in [-0.05, 0) is 19.3 Å². The summed E-state index contributed by atoms with van der Waals surface area (Å²) in [5, 5.41) is 0. The molecule has 0 unspecified atom stereocenters. The minimum absolute atomic E-state index is 0.365. The standard InChI is InChI=1S/C32H66Te.C5H10O/c1-3-5-7-9-11-13-15-17-19-21-23-25-27-29-31-33-32-30-28-26-24-22-20-18-16-14-12-10-8-6-4-2;1-2-4-6-5-3-1/h3-32H2,1-2H3;1-5H2. The second-order valence-electron chi connectivity index (χ2n) is 12.5. The summed E-state index contributed by atoms with van der Waals surface area (Å²) in [5.74, 6) is 0. The summed E-state index contributed by atoms with van der Waals surface area (Å²) < 4.78 is 8.32. The first-order chi connectivity index (χ1) is 19.4. The molecule has 0 spiro atoms. The fourth-order valence-corrected chi connectivity index (χ4v) is 8.50. The second kappa shape index (κ2) is 38.7. The molecule has 0 saturated carbocycles. The third kappa shape index (κ3) is 38.7. The zero-order chi connectivity index (χ0) is 28.2. The first-order valence-electron chi connectivity index (χ1n) is 18.6. The van der Waals surface area contributed by atoms with Crippen LogP contribution < -0.4 is 0 Å². The van der Waals surface area contributed by atoms with E-state index in [0.29, 0.717) is 20.9 Å². The molecular weight excluding hydrogens is 588 g/mol. The summed E-state index contributed by atoms with van der Waals surface area (Å²) >= 11 is 0.365. The normalized spacial score (nSPS) is 13.4. The molecular formula is C37H76OTe. The molecule has 0 aromatic rings. The van der Waals surface area contributed by atoms with Crippen molar-refractivity contribution in [3.05, 3.63) is 0 Å². The van der Waals surface area contributed by atoms with Crippen LogP contribution in [-0.2, 0) is 4.74 Å². The number of hydrogen-bond donors (Lipinski definition) is 0. The van der Waals surface area contributed by atoms with E-state index in [1.165, 1.54) is 186 Å². The van der Waals surface area contributed by atoms with E-state index in [1.807, 2.05) is 0 Å². The van der Waals surface area contributed by atoms with Crippen LogP contribution in [0.2, 0.25) is 8.94 Å². The summed E-state index contributed by atoms with van der Waals surface area (Å²) in [6, 6.07) is 0. The number of rotatable bonds is 30. The van der Waals surface area contributed by atoms with E-state index >= 15 is 0 Å². The Morgan fingerprint density at radius 3 is 0.795 bits per heavy atom. The smallest absolute Gasteiger partial charge is 0.0654 e. The van der Waals surface area contributed by atoms with Gasteiger partial charge in [-0.2, -0.15) is 0 Å². The molecule has 1 aliphatic rings. The van der Waals surface area contributed by atoms with Gasteiger partial charge in [0.25, 0.3) is 0 Å². The maximum atomic E-state index is 5.07. The first-order valence-corrected chi connectivity index (χ1v) is 21.9. The van der Waals surface area contributed by atoms with Crippen LogP contribution in [0.5, 0.6) is 0 Å². The molecule has 39 heavy (non-hydrogen) atoms. The monoisotopic (exact) mass is 666 g/mol. The van der Waals surface area contributed by atoms with Gasteiger partial charge in [-0.15, -0.1) is 0 Å². The van der Waals surface area contributed by atoms with E-state index < -0.39 is 0 Å². The van der Waals surface area contributed by atoms with Crippen LogP contribution in [0.4, 0.5) is 0 Å². The Bertz CT molecular complexity index is 353. The Morgan fingerprint density at radius 1 is 0.333 bits per heavy atom. The molecule has 0 radical (unpaired) electrons. The minimum atomic E-state index is 0.365. The van der Waals surface area contributed by atoms with Crippen molar-refractivity contribution < 1.29 is 4.74 Å². The van der Waals surface area contributed by atoms with Crippen LogP contribution in [0.15, 0.2) is 0 Å². The van der Waals surface area contributed by atoms with Crippen LogP contribution in [-0.4, -0.2) is 34.1 Å². The first kappa shape index (κ1) is 39.7. The van der Waals surface area contributed by atoms with Gasteiger partial charge in [0.2, 0.25) is 0 Å². The van der Waals surface area contributed by atoms with Crippen molar-refractivity contribution in [2.24, 2.45) is 0 Å². The van der Waals surface area contributed by atoms with Gasteiger partial charge in [0, 0.05) is 13.2 Å². The predicted molar refractivity (Wildman–Crippen MR) is 181 cm³/mol. The number of unbranched alkanes of at least 4 members (excludes halogenated alkanes) is 26. The van der Waals surface area contributed by atoms with Crippen molar-refractivity contribution in [1.82, 2.24) is 0 Å². The number of hydrogen-bond acceptors (Lipinski definition) is 1. The van der Waals surface area contributed by atoms with Crippen molar-refractivity contribution in [2.45, 2.75) is 222 Å². The van der Waals surface area contributed by atoms with Crippen molar-refractivity contribution in [1.29, 1.82) is 0 Å². The van der Waals surface area contributed by atoms with E-state index in [2.05, 4.69) is 13.8 Å². The average molecular weight is 665 g/mol. The molecule has 236 valence electrons. The minimum Gasteiger partial charge on any atom is -0.0654 e. The van der Waals surface area contributed by atoms with Crippen LogP contribution in [0.1, 0.15) is 213 Å². The average Bonchev–Trinajstić information content (AvgIpc) is 2.97. The van der Waals surface area contributed by atoms with Gasteiger partial charge in [0.1, 0.15) is 0 Å². The van der Waals surface area contributed by atoms with Crippen LogP contribution in [0, 0.1) is 0 Å². The molecule has 1 rings (SSSR count). The summed E-state index contributed by atoms with van der Waals surface area (Å²) in [7, 11) is 0. The molecule has 1 heterocycles. The van der Waals surface area contributed by atoms with Gasteiger partial charge in [-0.25, -0.2) is 0 Å². The fourth-order valence-electron chi connectivity index (χ4n) is 5.59. The Kier molecular flexibility index (Phi) is 39.5. The molecule has 0 aliphatic carbocycles. The van der Waals surface area contributed by atoms with Crippen molar-refractivity contribution in [3.63, 3.8) is 0 Å². The molecule has 0 aromatic heterocycles.